The topological polar surface area (TPSA) is 91.2 Å². The Labute approximate surface area is 126 Å². The van der Waals surface area contributed by atoms with Gasteiger partial charge in [-0.1, -0.05) is 22.5 Å². The van der Waals surface area contributed by atoms with Crippen LogP contribution in [0.15, 0.2) is 47.4 Å². The molecule has 1 aromatic heterocycles. The molecule has 0 aliphatic carbocycles. The number of rotatable bonds is 4. The van der Waals surface area contributed by atoms with Crippen LogP contribution in [-0.4, -0.2) is 29.9 Å². The molecule has 7 nitrogen and oxygen atoms in total. The first-order valence-corrected chi connectivity index (χ1v) is 7.73. The third-order valence-corrected chi connectivity index (χ3v) is 4.24. The molecule has 0 atom stereocenters. The minimum absolute atomic E-state index is 0.00768. The number of nitrogens with zero attached hydrogens (tertiary/aromatic N) is 3. The van der Waals surface area contributed by atoms with Crippen LogP contribution in [0.5, 0.6) is 0 Å². The number of hydrogen-bond acceptors (Lipinski definition) is 6. The Morgan fingerprint density at radius 2 is 1.86 bits per heavy atom. The standard InChI is InChI=1S/C14H11N3O4S/c1-10-2-5-12(6-3-10)22(19,20)21-17-14-8-11(9-18)4-7-13(14)15-16-17/h2-9H,1H3. The van der Waals surface area contributed by atoms with Gasteiger partial charge in [0.2, 0.25) is 0 Å². The first kappa shape index (κ1) is 14.2. The summed E-state index contributed by atoms with van der Waals surface area (Å²) in [5, 5.41) is 7.44. The first-order valence-electron chi connectivity index (χ1n) is 6.32. The van der Waals surface area contributed by atoms with Crippen LogP contribution in [0, 0.1) is 6.92 Å². The second kappa shape index (κ2) is 5.23. The van der Waals surface area contributed by atoms with E-state index in [1.165, 1.54) is 18.2 Å². The predicted molar refractivity (Wildman–Crippen MR) is 77.9 cm³/mol. The van der Waals surface area contributed by atoms with E-state index in [1.807, 2.05) is 6.92 Å². The molecule has 0 bridgehead atoms. The molecule has 0 saturated carbocycles. The fourth-order valence-electron chi connectivity index (χ4n) is 1.88. The number of aryl methyl sites for hydroxylation is 1. The molecule has 0 unspecified atom stereocenters. The fourth-order valence-corrected chi connectivity index (χ4v) is 2.74. The maximum Gasteiger partial charge on any atom is 0.358 e. The lowest BCUT2D eigenvalue weighted by molar-refractivity contribution is 0.112. The summed E-state index contributed by atoms with van der Waals surface area (Å²) in [6.45, 7) is 1.85. The number of benzene rings is 2. The molecule has 0 aliphatic rings. The van der Waals surface area contributed by atoms with Crippen molar-refractivity contribution in [3.05, 3.63) is 53.6 Å². The monoisotopic (exact) mass is 317 g/mol. The second-order valence-corrected chi connectivity index (χ2v) is 6.20. The van der Waals surface area contributed by atoms with Gasteiger partial charge in [-0.3, -0.25) is 9.08 Å². The van der Waals surface area contributed by atoms with Gasteiger partial charge >= 0.3 is 10.1 Å². The van der Waals surface area contributed by atoms with E-state index in [1.54, 1.807) is 24.3 Å². The van der Waals surface area contributed by atoms with Crippen LogP contribution in [0.1, 0.15) is 15.9 Å². The van der Waals surface area contributed by atoms with Crippen molar-refractivity contribution in [3.63, 3.8) is 0 Å². The van der Waals surface area contributed by atoms with E-state index in [4.69, 9.17) is 4.28 Å². The maximum atomic E-state index is 12.2. The van der Waals surface area contributed by atoms with Crippen molar-refractivity contribution in [2.24, 2.45) is 0 Å². The lowest BCUT2D eigenvalue weighted by atomic mass is 10.2. The van der Waals surface area contributed by atoms with Crippen LogP contribution in [0.3, 0.4) is 0 Å². The first-order chi connectivity index (χ1) is 10.5. The van der Waals surface area contributed by atoms with Gasteiger partial charge in [0.15, 0.2) is 0 Å². The van der Waals surface area contributed by atoms with E-state index in [-0.39, 0.29) is 4.90 Å². The van der Waals surface area contributed by atoms with Gasteiger partial charge in [-0.05, 0) is 42.5 Å². The van der Waals surface area contributed by atoms with Gasteiger partial charge in [0, 0.05) is 5.56 Å². The molecule has 0 radical (unpaired) electrons. The van der Waals surface area contributed by atoms with E-state index < -0.39 is 10.1 Å². The molecule has 0 saturated heterocycles. The van der Waals surface area contributed by atoms with Crippen molar-refractivity contribution in [2.45, 2.75) is 11.8 Å². The zero-order valence-corrected chi connectivity index (χ0v) is 12.3. The highest BCUT2D eigenvalue weighted by molar-refractivity contribution is 7.87. The molecule has 1 heterocycles. The Bertz CT molecular complexity index is 946. The van der Waals surface area contributed by atoms with E-state index in [0.29, 0.717) is 22.9 Å². The molecule has 112 valence electrons. The van der Waals surface area contributed by atoms with Crippen molar-refractivity contribution in [1.82, 2.24) is 15.2 Å². The average Bonchev–Trinajstić information content (AvgIpc) is 2.89. The van der Waals surface area contributed by atoms with E-state index >= 15 is 0 Å². The van der Waals surface area contributed by atoms with E-state index in [0.717, 1.165) is 10.4 Å². The summed E-state index contributed by atoms with van der Waals surface area (Å²) in [5.74, 6) is 0. The number of carbonyl (C=O) groups is 1. The third kappa shape index (κ3) is 2.56. The molecule has 0 N–H and O–H groups in total. The Morgan fingerprint density at radius 1 is 1.14 bits per heavy atom. The average molecular weight is 317 g/mol. The van der Waals surface area contributed by atoms with Crippen molar-refractivity contribution < 1.29 is 17.5 Å². The number of aromatic nitrogens is 3. The van der Waals surface area contributed by atoms with Crippen molar-refractivity contribution >= 4 is 27.4 Å². The molecule has 8 heteroatoms. The highest BCUT2D eigenvalue weighted by atomic mass is 32.2. The summed E-state index contributed by atoms with van der Waals surface area (Å²) in [6, 6.07) is 10.8. The maximum absolute atomic E-state index is 12.2. The van der Waals surface area contributed by atoms with Crippen molar-refractivity contribution in [1.29, 1.82) is 0 Å². The fraction of sp³-hybridized carbons (Fsp3) is 0.0714. The van der Waals surface area contributed by atoms with Gasteiger partial charge in [-0.2, -0.15) is 8.42 Å². The van der Waals surface area contributed by atoms with Gasteiger partial charge in [0.25, 0.3) is 0 Å². The summed E-state index contributed by atoms with van der Waals surface area (Å²) >= 11 is 0. The number of carbonyl (C=O) groups excluding carboxylic acids is 1. The summed E-state index contributed by atoms with van der Waals surface area (Å²) in [6.07, 6.45) is 0.644. The summed E-state index contributed by atoms with van der Waals surface area (Å²) in [4.78, 5) is 11.6. The number of aldehydes is 1. The van der Waals surface area contributed by atoms with Crippen LogP contribution in [0.2, 0.25) is 0 Å². The molecule has 22 heavy (non-hydrogen) atoms. The molecule has 3 aromatic rings. The normalized spacial score (nSPS) is 11.5. The van der Waals surface area contributed by atoms with Crippen molar-refractivity contribution in [3.8, 4) is 0 Å². The molecule has 2 aromatic carbocycles. The highest BCUT2D eigenvalue weighted by Crippen LogP contribution is 2.15. The smallest absolute Gasteiger partial charge is 0.298 e. The number of fused-ring (bicyclic) bond motifs is 1. The Morgan fingerprint density at radius 3 is 2.55 bits per heavy atom. The van der Waals surface area contributed by atoms with Gasteiger partial charge in [-0.25, -0.2) is 0 Å². The third-order valence-electron chi connectivity index (χ3n) is 3.05. The minimum atomic E-state index is -4.04. The summed E-state index contributed by atoms with van der Waals surface area (Å²) < 4.78 is 29.4. The van der Waals surface area contributed by atoms with Crippen LogP contribution >= 0.6 is 0 Å². The van der Waals surface area contributed by atoms with E-state index in [2.05, 4.69) is 10.3 Å². The largest absolute Gasteiger partial charge is 0.358 e. The van der Waals surface area contributed by atoms with E-state index in [9.17, 15) is 13.2 Å². The van der Waals surface area contributed by atoms with Crippen LogP contribution in [-0.2, 0) is 10.1 Å². The van der Waals surface area contributed by atoms with Gasteiger partial charge in [0.1, 0.15) is 22.2 Å². The van der Waals surface area contributed by atoms with Crippen LogP contribution in [0.4, 0.5) is 0 Å². The van der Waals surface area contributed by atoms with Crippen molar-refractivity contribution in [2.75, 3.05) is 0 Å². The Balaban J connectivity index is 2.01. The quantitative estimate of drug-likeness (QED) is 0.675. The second-order valence-electron chi connectivity index (χ2n) is 4.67. The molecule has 0 aliphatic heterocycles. The molecule has 0 amide bonds. The Hall–Kier alpha value is -2.74. The lowest BCUT2D eigenvalue weighted by Gasteiger charge is -2.06. The summed E-state index contributed by atoms with van der Waals surface area (Å²) in [5.41, 5.74) is 2.01. The zero-order valence-electron chi connectivity index (χ0n) is 11.5. The predicted octanol–water partition coefficient (Wildman–Crippen LogP) is 1.37. The molecular weight excluding hydrogens is 306 g/mol. The SMILES string of the molecule is Cc1ccc(S(=O)(=O)On2nnc3ccc(C=O)cc32)cc1. The lowest BCUT2D eigenvalue weighted by Crippen LogP contribution is -2.21. The molecule has 3 rings (SSSR count). The minimum Gasteiger partial charge on any atom is -0.298 e. The molecule has 0 fully saturated rings. The van der Waals surface area contributed by atoms with Gasteiger partial charge in [0.05, 0.1) is 0 Å². The summed E-state index contributed by atoms with van der Waals surface area (Å²) in [7, 11) is -4.04. The Kier molecular flexibility index (Phi) is 3.38. The highest BCUT2D eigenvalue weighted by Gasteiger charge is 2.19. The van der Waals surface area contributed by atoms with Gasteiger partial charge < -0.3 is 0 Å². The molecular formula is C14H11N3O4S. The molecule has 0 spiro atoms. The number of hydrogen-bond donors (Lipinski definition) is 0. The van der Waals surface area contributed by atoms with Crippen LogP contribution in [0.25, 0.3) is 11.0 Å². The van der Waals surface area contributed by atoms with Crippen LogP contribution < -0.4 is 4.28 Å². The van der Waals surface area contributed by atoms with Gasteiger partial charge in [-0.15, -0.1) is 5.10 Å². The zero-order chi connectivity index (χ0) is 15.7.